The monoisotopic (exact) mass is 440 g/mol. The van der Waals surface area contributed by atoms with Gasteiger partial charge in [-0.15, -0.1) is 0 Å². The third-order valence-corrected chi connectivity index (χ3v) is 0. The average Bonchev–Trinajstić information content (AvgIpc) is 2.45. The fourth-order valence-corrected chi connectivity index (χ4v) is 0. The van der Waals surface area contributed by atoms with Gasteiger partial charge in [0.25, 0.3) is 0 Å². The topological polar surface area (TPSA) is 119 Å². The second-order valence-corrected chi connectivity index (χ2v) is 0. The summed E-state index contributed by atoms with van der Waals surface area (Å²) in [5, 5.41) is 0. The fraction of sp³-hybridized carbons (Fsp3) is 0. The molecule has 0 fully saturated rings. The van der Waals surface area contributed by atoms with Crippen molar-refractivity contribution in [2.45, 2.75) is 0 Å². The van der Waals surface area contributed by atoms with Crippen LogP contribution in [0.25, 0.3) is 0 Å². The van der Waals surface area contributed by atoms with Gasteiger partial charge in [0.1, 0.15) is 0 Å². The number of hydrogen-bond donors (Lipinski definition) is 0. The van der Waals surface area contributed by atoms with Gasteiger partial charge in [-0.1, -0.05) is 0 Å². The third kappa shape index (κ3) is 9890. The van der Waals surface area contributed by atoms with Crippen molar-refractivity contribution in [1.82, 2.24) is 0 Å². The van der Waals surface area contributed by atoms with Gasteiger partial charge in [-0.25, -0.2) is 0 Å². The average molecular weight is 438 g/mol. The van der Waals surface area contributed by atoms with Gasteiger partial charge in [0.05, 0.1) is 0 Å². The third-order valence-electron chi connectivity index (χ3n) is 0. The van der Waals surface area contributed by atoms with E-state index in [1.165, 1.54) is 0 Å². The zero-order valence-corrected chi connectivity index (χ0v) is 12.6. The van der Waals surface area contributed by atoms with Crippen molar-refractivity contribution in [2.75, 3.05) is 0 Å². The summed E-state index contributed by atoms with van der Waals surface area (Å²) >= 11 is 5.00. The molecule has 2 radical (unpaired) electrons. The second-order valence-electron chi connectivity index (χ2n) is 0. The Morgan fingerprint density at radius 3 is 0.375 bits per heavy atom. The fourth-order valence-electron chi connectivity index (χ4n) is 0. The van der Waals surface area contributed by atoms with Gasteiger partial charge in [0.2, 0.25) is 0 Å². The van der Waals surface area contributed by atoms with Crippen LogP contribution in [0.5, 0.6) is 0 Å². The van der Waals surface area contributed by atoms with Crippen molar-refractivity contribution in [3.05, 3.63) is 39.9 Å². The molecule has 0 unspecified atom stereocenters. The molecule has 88 valence electrons. The van der Waals surface area contributed by atoms with Gasteiger partial charge in [-0.2, -0.15) is 0 Å². The predicted octanol–water partition coefficient (Wildman–Crippen LogP) is -0.992. The van der Waals surface area contributed by atoms with Crippen molar-refractivity contribution in [2.24, 2.45) is 0 Å². The van der Waals surface area contributed by atoms with E-state index in [2.05, 4.69) is 68.3 Å². The molecule has 0 bridgehead atoms. The summed E-state index contributed by atoms with van der Waals surface area (Å²) in [6.07, 6.45) is 0. The van der Waals surface area contributed by atoms with Gasteiger partial charge < -0.3 is 0 Å². The molecular formula is C6Fe2O6Se2. The molecule has 0 N–H and O–H groups in total. The SMILES string of the molecule is [C-]#[O+].[C-]#[O+].[C-]#[O+].[C-]#[O+].[C-]#[O+].[C-]#[O+].[Fe].[Fe].[Se][Se]. The van der Waals surface area contributed by atoms with E-state index in [0.29, 0.717) is 0 Å². The summed E-state index contributed by atoms with van der Waals surface area (Å²) in [6.45, 7) is 27.0. The first-order valence-corrected chi connectivity index (χ1v) is 5.72. The standard InChI is InChI=1S/6CO.2Fe.Se2/c6*1-2;;;1-2. The van der Waals surface area contributed by atoms with Crippen LogP contribution in [0.4, 0.5) is 0 Å². The van der Waals surface area contributed by atoms with Gasteiger partial charge in [-0.3, -0.25) is 0 Å². The summed E-state index contributed by atoms with van der Waals surface area (Å²) in [7, 11) is 0. The van der Waals surface area contributed by atoms with E-state index in [4.69, 9.17) is 27.9 Å². The first-order valence-electron chi connectivity index (χ1n) is 1.39. The van der Waals surface area contributed by atoms with Gasteiger partial charge in [0, 0.05) is 34.1 Å². The van der Waals surface area contributed by atoms with E-state index in [-0.39, 0.29) is 34.1 Å². The molecule has 0 aromatic heterocycles. The summed E-state index contributed by atoms with van der Waals surface area (Å²) in [6, 6.07) is 0. The van der Waals surface area contributed by atoms with E-state index in [1.54, 1.807) is 0 Å². The van der Waals surface area contributed by atoms with Crippen LogP contribution in [0.3, 0.4) is 0 Å². The molecule has 0 rings (SSSR count). The van der Waals surface area contributed by atoms with Gasteiger partial charge in [-0.05, 0) is 0 Å². The normalized spacial score (nSPS) is 1.12. The van der Waals surface area contributed by atoms with Crippen LogP contribution < -0.4 is 0 Å². The molecule has 0 heterocycles. The van der Waals surface area contributed by atoms with Crippen molar-refractivity contribution in [1.29, 1.82) is 0 Å². The van der Waals surface area contributed by atoms with Crippen LogP contribution in [0.15, 0.2) is 0 Å². The molecule has 0 saturated carbocycles. The molecule has 10 heteroatoms. The summed E-state index contributed by atoms with van der Waals surface area (Å²) in [5.74, 6) is 0. The van der Waals surface area contributed by atoms with E-state index < -0.39 is 0 Å². The first kappa shape index (κ1) is 70.4. The molecule has 16 heavy (non-hydrogen) atoms. The zero-order chi connectivity index (χ0) is 14.0. The Morgan fingerprint density at radius 1 is 0.375 bits per heavy atom. The molecule has 6 nitrogen and oxygen atoms in total. The maximum atomic E-state index is 7.50. The number of rotatable bonds is 0. The molecule has 0 saturated heterocycles. The molecule has 0 spiro atoms. The van der Waals surface area contributed by atoms with Gasteiger partial charge in [0.15, 0.2) is 0 Å². The molecule has 0 aliphatic carbocycles. The van der Waals surface area contributed by atoms with Crippen LogP contribution in [0, 0.1) is 39.9 Å². The van der Waals surface area contributed by atoms with Crippen LogP contribution in [0.1, 0.15) is 0 Å². The van der Waals surface area contributed by atoms with E-state index in [0.717, 1.165) is 0 Å². The van der Waals surface area contributed by atoms with Crippen LogP contribution in [-0.4, -0.2) is 28.4 Å². The van der Waals surface area contributed by atoms with Crippen LogP contribution >= 0.6 is 0 Å². The Bertz CT molecular complexity index is 104. The van der Waals surface area contributed by atoms with Crippen LogP contribution in [0.2, 0.25) is 0 Å². The van der Waals surface area contributed by atoms with Gasteiger partial charge >= 0.3 is 96.2 Å². The molecular weight excluding hydrogens is 438 g/mol. The minimum atomic E-state index is 0. The van der Waals surface area contributed by atoms with E-state index in [9.17, 15) is 0 Å². The second kappa shape index (κ2) is 12200. The van der Waals surface area contributed by atoms with E-state index >= 15 is 0 Å². The molecule has 0 amide bonds. The molecule has 0 aromatic carbocycles. The molecule has 0 aromatic rings. The predicted molar refractivity (Wildman–Crippen MR) is 35.1 cm³/mol. The van der Waals surface area contributed by atoms with Crippen molar-refractivity contribution in [3.8, 4) is 0 Å². The van der Waals surface area contributed by atoms with Crippen molar-refractivity contribution < 1.29 is 62.1 Å². The Kier molecular flexibility index (Phi) is 53600. The number of hydrogen-bond acceptors (Lipinski definition) is 0. The Balaban J connectivity index is -0.00000000500. The first-order chi connectivity index (χ1) is 7.00. The van der Waals surface area contributed by atoms with Crippen molar-refractivity contribution in [3.63, 3.8) is 0 Å². The van der Waals surface area contributed by atoms with E-state index in [1.807, 2.05) is 0 Å². The quantitative estimate of drug-likeness (QED) is 0.263. The molecule has 0 aliphatic heterocycles. The Hall–Kier alpha value is 0.518. The zero-order valence-electron chi connectivity index (χ0n) is 6.97. The summed E-state index contributed by atoms with van der Waals surface area (Å²) in [5.41, 5.74) is 0. The Morgan fingerprint density at radius 2 is 0.375 bits per heavy atom. The molecule has 0 atom stereocenters. The summed E-state index contributed by atoms with van der Waals surface area (Å²) < 4.78 is 45.0. The molecule has 0 aliphatic rings. The maximum absolute atomic E-state index is 7.50. The Labute approximate surface area is 129 Å². The minimum absolute atomic E-state index is 0. The van der Waals surface area contributed by atoms with Crippen molar-refractivity contribution >= 4 is 28.4 Å². The summed E-state index contributed by atoms with van der Waals surface area (Å²) in [4.78, 5) is 0. The van der Waals surface area contributed by atoms with Crippen LogP contribution in [-0.2, 0) is 62.1 Å².